The number of piperidine rings is 1. The smallest absolute Gasteiger partial charge is 0.160 e. The van der Waals surface area contributed by atoms with Gasteiger partial charge in [0.05, 0.1) is 11.4 Å². The van der Waals surface area contributed by atoms with Crippen molar-refractivity contribution in [3.63, 3.8) is 0 Å². The SMILES string of the molecule is CC1=CCCc2ccccc2N=C1c1cc2nc(N3CCCC3)cc(NC3CCN(C)CC3)n2n1. The van der Waals surface area contributed by atoms with Crippen molar-refractivity contribution >= 4 is 28.7 Å². The number of para-hydroxylation sites is 1. The van der Waals surface area contributed by atoms with Gasteiger partial charge in [0.25, 0.3) is 0 Å². The molecule has 0 amide bonds. The molecule has 0 unspecified atom stereocenters. The van der Waals surface area contributed by atoms with Crippen LogP contribution in [0.1, 0.15) is 50.3 Å². The highest BCUT2D eigenvalue weighted by molar-refractivity contribution is 6.12. The second-order valence-corrected chi connectivity index (χ2v) is 10.2. The molecule has 1 N–H and O–H groups in total. The van der Waals surface area contributed by atoms with E-state index in [-0.39, 0.29) is 0 Å². The Morgan fingerprint density at radius 1 is 1.00 bits per heavy atom. The summed E-state index contributed by atoms with van der Waals surface area (Å²) in [6.07, 6.45) is 9.05. The minimum Gasteiger partial charge on any atom is -0.367 e. The summed E-state index contributed by atoms with van der Waals surface area (Å²) in [4.78, 5) is 15.0. The Balaban J connectivity index is 1.43. The topological polar surface area (TPSA) is 61.1 Å². The van der Waals surface area contributed by atoms with Gasteiger partial charge in [0, 0.05) is 31.3 Å². The second kappa shape index (κ2) is 9.46. The first-order valence-electron chi connectivity index (χ1n) is 13.1. The van der Waals surface area contributed by atoms with E-state index >= 15 is 0 Å². The fourth-order valence-electron chi connectivity index (χ4n) is 5.49. The largest absolute Gasteiger partial charge is 0.367 e. The lowest BCUT2D eigenvalue weighted by Crippen LogP contribution is -2.37. The van der Waals surface area contributed by atoms with Crippen molar-refractivity contribution in [3.05, 3.63) is 59.3 Å². The molecule has 3 aromatic rings. The summed E-state index contributed by atoms with van der Waals surface area (Å²) in [5, 5.41) is 8.90. The van der Waals surface area contributed by atoms with E-state index in [0.717, 1.165) is 86.2 Å². The number of rotatable bonds is 4. The molecular formula is C28H35N7. The van der Waals surface area contributed by atoms with Gasteiger partial charge in [-0.25, -0.2) is 9.98 Å². The normalized spacial score (nSPS) is 19.8. The van der Waals surface area contributed by atoms with Crippen LogP contribution in [0.15, 0.2) is 53.0 Å². The van der Waals surface area contributed by atoms with Crippen LogP contribution in [0.2, 0.25) is 0 Å². The molecule has 7 nitrogen and oxygen atoms in total. The summed E-state index contributed by atoms with van der Waals surface area (Å²) in [6.45, 7) is 6.54. The molecule has 3 aliphatic heterocycles. The number of nitrogens with zero attached hydrogens (tertiary/aromatic N) is 6. The third-order valence-electron chi connectivity index (χ3n) is 7.62. The van der Waals surface area contributed by atoms with Crippen molar-refractivity contribution < 1.29 is 0 Å². The molecule has 2 fully saturated rings. The minimum absolute atomic E-state index is 0.447. The summed E-state index contributed by atoms with van der Waals surface area (Å²) in [6, 6.07) is 13.2. The highest BCUT2D eigenvalue weighted by atomic mass is 15.3. The van der Waals surface area contributed by atoms with Crippen molar-refractivity contribution in [1.29, 1.82) is 0 Å². The molecule has 0 aliphatic carbocycles. The standard InChI is InChI=1S/C28H35N7/c1-20-8-7-10-21-9-3-4-11-23(21)30-28(20)24-18-26-31-25(34-14-5-6-15-34)19-27(35(26)32-24)29-22-12-16-33(2)17-13-22/h3-4,8-9,11,18-19,22,29H,5-7,10,12-17H2,1-2H3. The molecule has 1 aromatic carbocycles. The van der Waals surface area contributed by atoms with Gasteiger partial charge >= 0.3 is 0 Å². The van der Waals surface area contributed by atoms with E-state index in [4.69, 9.17) is 15.1 Å². The molecule has 35 heavy (non-hydrogen) atoms. The maximum absolute atomic E-state index is 5.11. The van der Waals surface area contributed by atoms with Crippen LogP contribution < -0.4 is 10.2 Å². The number of aliphatic imine (C=N–C) groups is 1. The second-order valence-electron chi connectivity index (χ2n) is 10.2. The fourth-order valence-corrected chi connectivity index (χ4v) is 5.49. The lowest BCUT2D eigenvalue weighted by molar-refractivity contribution is 0.263. The first-order valence-corrected chi connectivity index (χ1v) is 13.1. The van der Waals surface area contributed by atoms with Crippen molar-refractivity contribution in [3.8, 4) is 0 Å². The molecule has 5 heterocycles. The third-order valence-corrected chi connectivity index (χ3v) is 7.62. The summed E-state index contributed by atoms with van der Waals surface area (Å²) in [7, 11) is 2.20. The van der Waals surface area contributed by atoms with Gasteiger partial charge in [-0.3, -0.25) is 0 Å². The minimum atomic E-state index is 0.447. The highest BCUT2D eigenvalue weighted by Gasteiger charge is 2.22. The Morgan fingerprint density at radius 3 is 2.63 bits per heavy atom. The number of aromatic nitrogens is 3. The first kappa shape index (κ1) is 22.3. The lowest BCUT2D eigenvalue weighted by Gasteiger charge is -2.30. The van der Waals surface area contributed by atoms with E-state index in [1.54, 1.807) is 0 Å². The van der Waals surface area contributed by atoms with Crippen molar-refractivity contribution in [2.24, 2.45) is 4.99 Å². The molecule has 7 heteroatoms. The maximum atomic E-state index is 5.11. The van der Waals surface area contributed by atoms with Crippen LogP contribution in [-0.4, -0.2) is 64.5 Å². The zero-order valence-electron chi connectivity index (χ0n) is 20.9. The van der Waals surface area contributed by atoms with Gasteiger partial charge in [0.15, 0.2) is 5.65 Å². The van der Waals surface area contributed by atoms with E-state index in [9.17, 15) is 0 Å². The van der Waals surface area contributed by atoms with Gasteiger partial charge in [0.2, 0.25) is 0 Å². The lowest BCUT2D eigenvalue weighted by atomic mass is 10.0. The molecule has 6 rings (SSSR count). The fraction of sp³-hybridized carbons (Fsp3) is 0.464. The van der Waals surface area contributed by atoms with E-state index in [2.05, 4.69) is 71.6 Å². The first-order chi connectivity index (χ1) is 17.1. The molecule has 182 valence electrons. The number of anilines is 2. The van der Waals surface area contributed by atoms with Crippen LogP contribution in [0.4, 0.5) is 17.3 Å². The predicted molar refractivity (Wildman–Crippen MR) is 143 cm³/mol. The van der Waals surface area contributed by atoms with Gasteiger partial charge in [-0.15, -0.1) is 0 Å². The van der Waals surface area contributed by atoms with Crippen molar-refractivity contribution in [2.75, 3.05) is 43.4 Å². The summed E-state index contributed by atoms with van der Waals surface area (Å²) in [5.74, 6) is 2.08. The zero-order valence-corrected chi connectivity index (χ0v) is 20.9. The quantitative estimate of drug-likeness (QED) is 0.592. The van der Waals surface area contributed by atoms with Crippen LogP contribution in [0, 0.1) is 0 Å². The molecule has 0 spiro atoms. The number of fused-ring (bicyclic) bond motifs is 2. The number of likely N-dealkylation sites (tertiary alicyclic amines) is 1. The van der Waals surface area contributed by atoms with Crippen LogP contribution in [-0.2, 0) is 6.42 Å². The van der Waals surface area contributed by atoms with E-state index in [1.807, 2.05) is 4.52 Å². The Morgan fingerprint density at radius 2 is 1.80 bits per heavy atom. The number of benzene rings is 1. The molecule has 2 aromatic heterocycles. The Kier molecular flexibility index (Phi) is 6.02. The van der Waals surface area contributed by atoms with Crippen LogP contribution in [0.3, 0.4) is 0 Å². The average Bonchev–Trinajstić information content (AvgIpc) is 3.54. The van der Waals surface area contributed by atoms with Gasteiger partial charge in [-0.1, -0.05) is 24.3 Å². The van der Waals surface area contributed by atoms with Crippen LogP contribution in [0.5, 0.6) is 0 Å². The van der Waals surface area contributed by atoms with E-state index in [1.165, 1.54) is 24.0 Å². The number of nitrogens with one attached hydrogen (secondary N) is 1. The van der Waals surface area contributed by atoms with Gasteiger partial charge in [-0.2, -0.15) is 9.61 Å². The molecule has 0 saturated carbocycles. The zero-order chi connectivity index (χ0) is 23.8. The maximum Gasteiger partial charge on any atom is 0.160 e. The molecule has 2 saturated heterocycles. The monoisotopic (exact) mass is 469 g/mol. The Hall–Kier alpha value is -3.19. The Labute approximate surface area is 207 Å². The Bertz CT molecular complexity index is 1270. The number of hydrogen-bond acceptors (Lipinski definition) is 6. The van der Waals surface area contributed by atoms with Gasteiger partial charge < -0.3 is 15.1 Å². The molecule has 0 bridgehead atoms. The highest BCUT2D eigenvalue weighted by Crippen LogP contribution is 2.29. The molecule has 3 aliphatic rings. The summed E-state index contributed by atoms with van der Waals surface area (Å²) >= 11 is 0. The van der Waals surface area contributed by atoms with E-state index in [0.29, 0.717) is 6.04 Å². The van der Waals surface area contributed by atoms with Crippen LogP contribution in [0.25, 0.3) is 5.65 Å². The van der Waals surface area contributed by atoms with Crippen LogP contribution >= 0.6 is 0 Å². The molecule has 0 radical (unpaired) electrons. The summed E-state index contributed by atoms with van der Waals surface area (Å²) in [5.41, 5.74) is 6.21. The number of aryl methyl sites for hydroxylation is 1. The van der Waals surface area contributed by atoms with Crippen molar-refractivity contribution in [1.82, 2.24) is 19.5 Å². The predicted octanol–water partition coefficient (Wildman–Crippen LogP) is 4.85. The molecule has 0 atom stereocenters. The van der Waals surface area contributed by atoms with Crippen molar-refractivity contribution in [2.45, 2.75) is 51.5 Å². The number of hydrogen-bond donors (Lipinski definition) is 1. The molecular weight excluding hydrogens is 434 g/mol. The van der Waals surface area contributed by atoms with E-state index < -0.39 is 0 Å². The number of allylic oxidation sites excluding steroid dienone is 2. The average molecular weight is 470 g/mol. The van der Waals surface area contributed by atoms with Gasteiger partial charge in [-0.05, 0) is 82.8 Å². The summed E-state index contributed by atoms with van der Waals surface area (Å²) < 4.78 is 1.99. The van der Waals surface area contributed by atoms with Gasteiger partial charge in [0.1, 0.15) is 17.3 Å². The third kappa shape index (κ3) is 4.57.